The molecule has 98 valence electrons. The molecule has 0 saturated heterocycles. The third-order valence-corrected chi connectivity index (χ3v) is 3.42. The minimum atomic E-state index is -0.130. The molecule has 0 spiro atoms. The summed E-state index contributed by atoms with van der Waals surface area (Å²) in [5.41, 5.74) is 0.820. The fraction of sp³-hybridized carbons (Fsp3) is 0.286. The van der Waals surface area contributed by atoms with Crippen molar-refractivity contribution in [3.63, 3.8) is 0 Å². The number of nitrogens with zero attached hydrogens (tertiary/aromatic N) is 2. The molecule has 19 heavy (non-hydrogen) atoms. The van der Waals surface area contributed by atoms with Crippen LogP contribution in [0.15, 0.2) is 35.1 Å². The van der Waals surface area contributed by atoms with Gasteiger partial charge in [0.1, 0.15) is 16.7 Å². The first-order valence-corrected chi connectivity index (χ1v) is 6.56. The van der Waals surface area contributed by atoms with E-state index in [2.05, 4.69) is 4.98 Å². The molecular formula is C14H13ClN2O2. The predicted molar refractivity (Wildman–Crippen MR) is 72.7 cm³/mol. The Morgan fingerprint density at radius 3 is 2.63 bits per heavy atom. The second-order valence-corrected chi connectivity index (χ2v) is 5.19. The maximum absolute atomic E-state index is 12.1. The van der Waals surface area contributed by atoms with Crippen molar-refractivity contribution >= 4 is 11.6 Å². The SMILES string of the molecule is O=c1cc(Cl)nc(C2CC2)n1Cc1ccc(O)cc1. The highest BCUT2D eigenvalue weighted by Crippen LogP contribution is 2.38. The number of benzene rings is 1. The lowest BCUT2D eigenvalue weighted by atomic mass is 10.2. The zero-order chi connectivity index (χ0) is 13.4. The van der Waals surface area contributed by atoms with Crippen molar-refractivity contribution in [1.82, 2.24) is 9.55 Å². The van der Waals surface area contributed by atoms with E-state index in [0.717, 1.165) is 24.2 Å². The Hall–Kier alpha value is -1.81. The molecule has 1 aromatic heterocycles. The van der Waals surface area contributed by atoms with Crippen LogP contribution in [0.1, 0.15) is 30.1 Å². The quantitative estimate of drug-likeness (QED) is 0.877. The van der Waals surface area contributed by atoms with Crippen molar-refractivity contribution < 1.29 is 5.11 Å². The van der Waals surface area contributed by atoms with Crippen LogP contribution in [0.3, 0.4) is 0 Å². The Bertz CT molecular complexity index is 660. The molecule has 1 N–H and O–H groups in total. The van der Waals surface area contributed by atoms with Crippen molar-refractivity contribution in [2.45, 2.75) is 25.3 Å². The normalized spacial score (nSPS) is 14.6. The van der Waals surface area contributed by atoms with Crippen molar-refractivity contribution in [3.8, 4) is 5.75 Å². The molecule has 4 nitrogen and oxygen atoms in total. The van der Waals surface area contributed by atoms with Crippen LogP contribution in [0.25, 0.3) is 0 Å². The van der Waals surface area contributed by atoms with Crippen LogP contribution >= 0.6 is 11.6 Å². The summed E-state index contributed by atoms with van der Waals surface area (Å²) in [4.78, 5) is 16.3. The first-order chi connectivity index (χ1) is 9.13. The third kappa shape index (κ3) is 2.63. The van der Waals surface area contributed by atoms with Gasteiger partial charge in [-0.05, 0) is 30.5 Å². The van der Waals surface area contributed by atoms with Crippen molar-refractivity contribution in [3.05, 3.63) is 57.2 Å². The van der Waals surface area contributed by atoms with Crippen LogP contribution in [0.5, 0.6) is 5.75 Å². The largest absolute Gasteiger partial charge is 0.508 e. The molecule has 2 aromatic rings. The third-order valence-electron chi connectivity index (χ3n) is 3.23. The Kier molecular flexibility index (Phi) is 3.03. The zero-order valence-corrected chi connectivity index (χ0v) is 11.0. The maximum Gasteiger partial charge on any atom is 0.255 e. The van der Waals surface area contributed by atoms with Gasteiger partial charge in [0.15, 0.2) is 0 Å². The standard InChI is InChI=1S/C14H13ClN2O2/c15-12-7-13(19)17(14(16-12)10-3-4-10)8-9-1-5-11(18)6-2-9/h1-2,5-7,10,18H,3-4,8H2. The summed E-state index contributed by atoms with van der Waals surface area (Å²) in [6.07, 6.45) is 2.12. The second-order valence-electron chi connectivity index (χ2n) is 4.80. The molecule has 1 heterocycles. The number of aromatic hydroxyl groups is 1. The number of phenolic OH excluding ortho intramolecular Hbond substituents is 1. The van der Waals surface area contributed by atoms with E-state index in [1.54, 1.807) is 28.8 Å². The van der Waals surface area contributed by atoms with Crippen LogP contribution in [0, 0.1) is 0 Å². The van der Waals surface area contributed by atoms with E-state index in [0.29, 0.717) is 12.5 Å². The molecule has 0 bridgehead atoms. The summed E-state index contributed by atoms with van der Waals surface area (Å²) in [5, 5.41) is 9.53. The smallest absolute Gasteiger partial charge is 0.255 e. The molecule has 1 saturated carbocycles. The summed E-state index contributed by atoms with van der Waals surface area (Å²) < 4.78 is 1.66. The van der Waals surface area contributed by atoms with Gasteiger partial charge in [0, 0.05) is 12.0 Å². The number of aromatic nitrogens is 2. The second kappa shape index (κ2) is 4.70. The maximum atomic E-state index is 12.1. The summed E-state index contributed by atoms with van der Waals surface area (Å²) >= 11 is 5.86. The zero-order valence-electron chi connectivity index (χ0n) is 10.2. The van der Waals surface area contributed by atoms with E-state index >= 15 is 0 Å². The molecule has 3 rings (SSSR count). The summed E-state index contributed by atoms with van der Waals surface area (Å²) in [6, 6.07) is 8.16. The average Bonchev–Trinajstić information content (AvgIpc) is 3.19. The van der Waals surface area contributed by atoms with Crippen molar-refractivity contribution in [2.75, 3.05) is 0 Å². The highest BCUT2D eigenvalue weighted by atomic mass is 35.5. The highest BCUT2D eigenvalue weighted by molar-refractivity contribution is 6.29. The number of phenols is 1. The van der Waals surface area contributed by atoms with Gasteiger partial charge in [0.05, 0.1) is 6.54 Å². The first kappa shape index (κ1) is 12.2. The van der Waals surface area contributed by atoms with Crippen LogP contribution < -0.4 is 5.56 Å². The summed E-state index contributed by atoms with van der Waals surface area (Å²) in [6.45, 7) is 0.453. The fourth-order valence-corrected chi connectivity index (χ4v) is 2.27. The Balaban J connectivity index is 1.99. The molecule has 0 aliphatic heterocycles. The predicted octanol–water partition coefficient (Wildman–Crippen LogP) is 2.53. The van der Waals surface area contributed by atoms with Crippen LogP contribution in [0.4, 0.5) is 0 Å². The lowest BCUT2D eigenvalue weighted by molar-refractivity contribution is 0.475. The van der Waals surface area contributed by atoms with E-state index < -0.39 is 0 Å². The Morgan fingerprint density at radius 2 is 2.00 bits per heavy atom. The van der Waals surface area contributed by atoms with Gasteiger partial charge in [0.2, 0.25) is 0 Å². The molecule has 1 aliphatic rings. The number of rotatable bonds is 3. The van der Waals surface area contributed by atoms with Gasteiger partial charge < -0.3 is 5.11 Å². The van der Waals surface area contributed by atoms with Crippen LogP contribution in [0.2, 0.25) is 5.15 Å². The number of hydrogen-bond donors (Lipinski definition) is 1. The average molecular weight is 277 g/mol. The molecule has 5 heteroatoms. The minimum absolute atomic E-state index is 0.130. The Morgan fingerprint density at radius 1 is 1.32 bits per heavy atom. The van der Waals surface area contributed by atoms with E-state index in [1.165, 1.54) is 6.07 Å². The molecule has 0 radical (unpaired) electrons. The van der Waals surface area contributed by atoms with Gasteiger partial charge in [-0.2, -0.15) is 0 Å². The lowest BCUT2D eigenvalue weighted by Gasteiger charge is -2.11. The van der Waals surface area contributed by atoms with Gasteiger partial charge in [-0.1, -0.05) is 23.7 Å². The number of halogens is 1. The van der Waals surface area contributed by atoms with Gasteiger partial charge in [-0.25, -0.2) is 4.98 Å². The van der Waals surface area contributed by atoms with E-state index in [9.17, 15) is 9.90 Å². The molecule has 0 atom stereocenters. The molecular weight excluding hydrogens is 264 g/mol. The highest BCUT2D eigenvalue weighted by Gasteiger charge is 2.28. The van der Waals surface area contributed by atoms with Crippen LogP contribution in [-0.4, -0.2) is 14.7 Å². The van der Waals surface area contributed by atoms with E-state index in [4.69, 9.17) is 11.6 Å². The van der Waals surface area contributed by atoms with Gasteiger partial charge >= 0.3 is 0 Å². The van der Waals surface area contributed by atoms with Crippen molar-refractivity contribution in [1.29, 1.82) is 0 Å². The lowest BCUT2D eigenvalue weighted by Crippen LogP contribution is -2.24. The monoisotopic (exact) mass is 276 g/mol. The van der Waals surface area contributed by atoms with E-state index in [1.807, 2.05) is 0 Å². The van der Waals surface area contributed by atoms with Gasteiger partial charge in [-0.3, -0.25) is 9.36 Å². The summed E-state index contributed by atoms with van der Waals surface area (Å²) in [5.74, 6) is 1.34. The van der Waals surface area contributed by atoms with Gasteiger partial charge in [0.25, 0.3) is 5.56 Å². The first-order valence-electron chi connectivity index (χ1n) is 6.18. The molecule has 1 aliphatic carbocycles. The molecule has 1 fully saturated rings. The van der Waals surface area contributed by atoms with E-state index in [-0.39, 0.29) is 16.5 Å². The molecule has 0 amide bonds. The fourth-order valence-electron chi connectivity index (χ4n) is 2.09. The molecule has 1 aromatic carbocycles. The molecule has 0 unspecified atom stereocenters. The van der Waals surface area contributed by atoms with Crippen LogP contribution in [-0.2, 0) is 6.54 Å². The minimum Gasteiger partial charge on any atom is -0.508 e. The number of hydrogen-bond acceptors (Lipinski definition) is 3. The topological polar surface area (TPSA) is 55.1 Å². The van der Waals surface area contributed by atoms with Gasteiger partial charge in [-0.15, -0.1) is 0 Å². The Labute approximate surface area is 115 Å². The summed E-state index contributed by atoms with van der Waals surface area (Å²) in [7, 11) is 0. The van der Waals surface area contributed by atoms with Crippen molar-refractivity contribution in [2.24, 2.45) is 0 Å².